The molecule has 0 N–H and O–H groups in total. The van der Waals surface area contributed by atoms with E-state index in [9.17, 15) is 0 Å². The van der Waals surface area contributed by atoms with E-state index in [-0.39, 0.29) is 6.10 Å². The zero-order valence-corrected chi connectivity index (χ0v) is 13.0. The van der Waals surface area contributed by atoms with Crippen LogP contribution in [0.5, 0.6) is 0 Å². The normalized spacial score (nSPS) is 17.6. The van der Waals surface area contributed by atoms with Gasteiger partial charge in [0.25, 0.3) is 0 Å². The molecule has 2 heteroatoms. The maximum absolute atomic E-state index is 6.01. The Morgan fingerprint density at radius 1 is 1.05 bits per heavy atom. The summed E-state index contributed by atoms with van der Waals surface area (Å²) in [6.07, 6.45) is 2.28. The van der Waals surface area contributed by atoms with Crippen LogP contribution in [0.25, 0.3) is 10.9 Å². The van der Waals surface area contributed by atoms with Gasteiger partial charge >= 0.3 is 0 Å². The Morgan fingerprint density at radius 3 is 2.64 bits per heavy atom. The van der Waals surface area contributed by atoms with Gasteiger partial charge < -0.3 is 9.30 Å². The lowest BCUT2D eigenvalue weighted by Crippen LogP contribution is -2.18. The van der Waals surface area contributed by atoms with Crippen LogP contribution in [0.2, 0.25) is 0 Å². The quantitative estimate of drug-likeness (QED) is 0.681. The van der Waals surface area contributed by atoms with Gasteiger partial charge in [0.2, 0.25) is 0 Å². The van der Waals surface area contributed by atoms with Gasteiger partial charge in [-0.1, -0.05) is 55.5 Å². The van der Waals surface area contributed by atoms with Crippen LogP contribution in [-0.4, -0.2) is 11.2 Å². The van der Waals surface area contributed by atoms with Crippen LogP contribution in [0.15, 0.2) is 54.6 Å². The molecule has 112 valence electrons. The molecule has 2 heterocycles. The number of rotatable bonds is 3. The molecule has 2 nitrogen and oxygen atoms in total. The Hall–Kier alpha value is -2.06. The Kier molecular flexibility index (Phi) is 3.47. The number of para-hydroxylation sites is 1. The van der Waals surface area contributed by atoms with E-state index >= 15 is 0 Å². The first-order chi connectivity index (χ1) is 10.9. The van der Waals surface area contributed by atoms with Gasteiger partial charge in [-0.15, -0.1) is 0 Å². The minimum atomic E-state index is 0.241. The fourth-order valence-electron chi connectivity index (χ4n) is 3.66. The molecule has 0 saturated heterocycles. The Bertz CT molecular complexity index is 788. The molecule has 0 aliphatic carbocycles. The van der Waals surface area contributed by atoms with Crippen molar-refractivity contribution in [3.8, 4) is 0 Å². The molecule has 2 aromatic carbocycles. The van der Waals surface area contributed by atoms with Crippen LogP contribution in [-0.2, 0) is 17.7 Å². The molecule has 1 unspecified atom stereocenters. The fourth-order valence-corrected chi connectivity index (χ4v) is 3.66. The van der Waals surface area contributed by atoms with Crippen molar-refractivity contribution in [3.63, 3.8) is 0 Å². The highest BCUT2D eigenvalue weighted by Crippen LogP contribution is 2.38. The maximum atomic E-state index is 6.01. The van der Waals surface area contributed by atoms with E-state index in [2.05, 4.69) is 66.1 Å². The topological polar surface area (TPSA) is 14.2 Å². The second-order valence-corrected chi connectivity index (χ2v) is 5.97. The average Bonchev–Trinajstić information content (AvgIpc) is 2.90. The van der Waals surface area contributed by atoms with Crippen LogP contribution in [0.1, 0.15) is 36.3 Å². The Balaban J connectivity index is 1.91. The third-order valence-electron chi connectivity index (χ3n) is 4.66. The SMILES string of the molecule is CCC1OCCc2c1c1ccccc1n2Cc1ccccc1. The molecular formula is C20H21NO. The molecule has 0 spiro atoms. The van der Waals surface area contributed by atoms with Crippen molar-refractivity contribution in [2.24, 2.45) is 0 Å². The van der Waals surface area contributed by atoms with Gasteiger partial charge in [0, 0.05) is 35.1 Å². The van der Waals surface area contributed by atoms with Gasteiger partial charge in [-0.05, 0) is 18.1 Å². The highest BCUT2D eigenvalue weighted by Gasteiger charge is 2.26. The number of fused-ring (bicyclic) bond motifs is 3. The standard InChI is InChI=1S/C20H21NO/c1-2-19-20-16-10-6-7-11-17(16)21(18(20)12-13-22-19)14-15-8-4-3-5-9-15/h3-11,19H,2,12-14H2,1H3. The van der Waals surface area contributed by atoms with E-state index in [1.165, 1.54) is 27.7 Å². The summed E-state index contributed by atoms with van der Waals surface area (Å²) in [5.74, 6) is 0. The molecular weight excluding hydrogens is 270 g/mol. The van der Waals surface area contributed by atoms with Crippen molar-refractivity contribution in [2.75, 3.05) is 6.61 Å². The molecule has 0 radical (unpaired) electrons. The maximum Gasteiger partial charge on any atom is 0.0845 e. The molecule has 0 amide bonds. The molecule has 0 bridgehead atoms. The smallest absolute Gasteiger partial charge is 0.0845 e. The molecule has 1 aromatic heterocycles. The summed E-state index contributed by atoms with van der Waals surface area (Å²) in [7, 11) is 0. The number of benzene rings is 2. The summed E-state index contributed by atoms with van der Waals surface area (Å²) < 4.78 is 8.50. The van der Waals surface area contributed by atoms with Gasteiger partial charge in [-0.25, -0.2) is 0 Å². The lowest BCUT2D eigenvalue weighted by molar-refractivity contribution is 0.0396. The van der Waals surface area contributed by atoms with E-state index in [1.54, 1.807) is 0 Å². The predicted octanol–water partition coefficient (Wildman–Crippen LogP) is 4.71. The first kappa shape index (κ1) is 13.6. The van der Waals surface area contributed by atoms with Gasteiger partial charge in [-0.3, -0.25) is 0 Å². The summed E-state index contributed by atoms with van der Waals surface area (Å²) in [6.45, 7) is 3.98. The first-order valence-electron chi connectivity index (χ1n) is 8.14. The summed E-state index contributed by atoms with van der Waals surface area (Å²) in [5.41, 5.74) is 5.56. The van der Waals surface area contributed by atoms with E-state index in [4.69, 9.17) is 4.74 Å². The van der Waals surface area contributed by atoms with Crippen LogP contribution in [0.4, 0.5) is 0 Å². The van der Waals surface area contributed by atoms with E-state index in [0.717, 1.165) is 26.0 Å². The van der Waals surface area contributed by atoms with Crippen molar-refractivity contribution in [1.29, 1.82) is 0 Å². The summed E-state index contributed by atoms with van der Waals surface area (Å²) in [5, 5.41) is 1.36. The first-order valence-corrected chi connectivity index (χ1v) is 8.14. The van der Waals surface area contributed by atoms with E-state index in [0.29, 0.717) is 0 Å². The van der Waals surface area contributed by atoms with Gasteiger partial charge in [0.1, 0.15) is 0 Å². The number of aromatic nitrogens is 1. The van der Waals surface area contributed by atoms with E-state index < -0.39 is 0 Å². The minimum absolute atomic E-state index is 0.241. The largest absolute Gasteiger partial charge is 0.373 e. The lowest BCUT2D eigenvalue weighted by Gasteiger charge is -2.24. The zero-order chi connectivity index (χ0) is 14.9. The molecule has 0 saturated carbocycles. The minimum Gasteiger partial charge on any atom is -0.373 e. The van der Waals surface area contributed by atoms with Crippen LogP contribution < -0.4 is 0 Å². The average molecular weight is 291 g/mol. The van der Waals surface area contributed by atoms with Gasteiger partial charge in [0.05, 0.1) is 12.7 Å². The highest BCUT2D eigenvalue weighted by atomic mass is 16.5. The molecule has 1 aliphatic rings. The van der Waals surface area contributed by atoms with Crippen molar-refractivity contribution in [3.05, 3.63) is 71.4 Å². The number of hydrogen-bond donors (Lipinski definition) is 0. The summed E-state index contributed by atoms with van der Waals surface area (Å²) in [6, 6.07) is 19.5. The predicted molar refractivity (Wildman–Crippen MR) is 90.2 cm³/mol. The summed E-state index contributed by atoms with van der Waals surface area (Å²) in [4.78, 5) is 0. The molecule has 3 aromatic rings. The van der Waals surface area contributed by atoms with Gasteiger partial charge in [-0.2, -0.15) is 0 Å². The Labute approximate surface area is 131 Å². The zero-order valence-electron chi connectivity index (χ0n) is 13.0. The molecule has 1 atom stereocenters. The molecule has 1 aliphatic heterocycles. The highest BCUT2D eigenvalue weighted by molar-refractivity contribution is 5.86. The number of nitrogens with zero attached hydrogens (tertiary/aromatic N) is 1. The van der Waals surface area contributed by atoms with Crippen molar-refractivity contribution >= 4 is 10.9 Å². The van der Waals surface area contributed by atoms with Crippen molar-refractivity contribution < 1.29 is 4.74 Å². The fraction of sp³-hybridized carbons (Fsp3) is 0.300. The molecule has 0 fully saturated rings. The van der Waals surface area contributed by atoms with Crippen molar-refractivity contribution in [2.45, 2.75) is 32.4 Å². The van der Waals surface area contributed by atoms with Crippen LogP contribution in [0.3, 0.4) is 0 Å². The Morgan fingerprint density at radius 2 is 1.82 bits per heavy atom. The lowest BCUT2D eigenvalue weighted by atomic mass is 9.99. The monoisotopic (exact) mass is 291 g/mol. The second-order valence-electron chi connectivity index (χ2n) is 5.97. The number of hydrogen-bond acceptors (Lipinski definition) is 1. The molecule has 4 rings (SSSR count). The van der Waals surface area contributed by atoms with Crippen LogP contribution >= 0.6 is 0 Å². The van der Waals surface area contributed by atoms with Crippen LogP contribution in [0, 0.1) is 0 Å². The number of ether oxygens (including phenoxy) is 1. The van der Waals surface area contributed by atoms with E-state index in [1.807, 2.05) is 0 Å². The molecule has 22 heavy (non-hydrogen) atoms. The summed E-state index contributed by atoms with van der Waals surface area (Å²) >= 11 is 0. The second kappa shape index (κ2) is 5.62. The van der Waals surface area contributed by atoms with Crippen molar-refractivity contribution in [1.82, 2.24) is 4.57 Å². The third kappa shape index (κ3) is 2.15. The van der Waals surface area contributed by atoms with Gasteiger partial charge in [0.15, 0.2) is 0 Å². The third-order valence-corrected chi connectivity index (χ3v) is 4.66.